The second-order valence-corrected chi connectivity index (χ2v) is 8.50. The van der Waals surface area contributed by atoms with Crippen LogP contribution in [0.1, 0.15) is 41.7 Å². The van der Waals surface area contributed by atoms with Crippen molar-refractivity contribution in [2.45, 2.75) is 25.7 Å². The van der Waals surface area contributed by atoms with Crippen LogP contribution in [0.4, 0.5) is 21.5 Å². The van der Waals surface area contributed by atoms with Crippen LogP contribution in [0, 0.1) is 11.7 Å². The number of rotatable bonds is 3. The molecule has 8 heteroatoms. The molecule has 0 fully saturated rings. The van der Waals surface area contributed by atoms with E-state index in [4.69, 9.17) is 4.74 Å². The summed E-state index contributed by atoms with van der Waals surface area (Å²) in [6.07, 6.45) is 5.50. The fourth-order valence-electron chi connectivity index (χ4n) is 4.62. The number of halogens is 1. The Bertz CT molecular complexity index is 1180. The Morgan fingerprint density at radius 1 is 1.19 bits per heavy atom. The topological polar surface area (TPSA) is 91.1 Å². The van der Waals surface area contributed by atoms with Gasteiger partial charge in [-0.3, -0.25) is 9.78 Å². The van der Waals surface area contributed by atoms with Crippen molar-refractivity contribution < 1.29 is 13.9 Å². The van der Waals surface area contributed by atoms with Crippen molar-refractivity contribution in [2.75, 3.05) is 30.8 Å². The van der Waals surface area contributed by atoms with Crippen molar-refractivity contribution >= 4 is 23.0 Å². The summed E-state index contributed by atoms with van der Waals surface area (Å²) >= 11 is 0. The van der Waals surface area contributed by atoms with E-state index in [1.807, 2.05) is 6.07 Å². The number of anilines is 3. The molecule has 7 nitrogen and oxygen atoms in total. The fourth-order valence-corrected chi connectivity index (χ4v) is 4.62. The highest BCUT2D eigenvalue weighted by atomic mass is 19.1. The standard InChI is InChI=1S/C24H26FN5O2/c1-13-6-7-14-11-28-24(31)19-20(14)30-21(15-8-9-26-12-18(15)27-10-13)22(19)29-17-5-3-4-16(25)23(17)32-2/h3-5,8-9,12-14,27,29-30H,6-7,10-11H2,1-2H3,(H,28,31)/t13?,14-/m0/s1. The lowest BCUT2D eigenvalue weighted by Crippen LogP contribution is -2.35. The maximum Gasteiger partial charge on any atom is 0.255 e. The third-order valence-corrected chi connectivity index (χ3v) is 6.34. The van der Waals surface area contributed by atoms with Gasteiger partial charge in [0.1, 0.15) is 0 Å². The molecule has 4 heterocycles. The third-order valence-electron chi connectivity index (χ3n) is 6.34. The number of pyridine rings is 1. The van der Waals surface area contributed by atoms with Crippen LogP contribution in [0.25, 0.3) is 11.3 Å². The first-order valence-corrected chi connectivity index (χ1v) is 10.9. The van der Waals surface area contributed by atoms with Crippen LogP contribution >= 0.6 is 0 Å². The number of methoxy groups -OCH3 is 1. The van der Waals surface area contributed by atoms with Crippen molar-refractivity contribution in [3.8, 4) is 17.0 Å². The van der Waals surface area contributed by atoms with Gasteiger partial charge < -0.3 is 25.7 Å². The predicted octanol–water partition coefficient (Wildman–Crippen LogP) is 4.64. The SMILES string of the molecule is COc1c(F)cccc1Nc1c2[nH]c3c1C(=O)NC[C@@H]3CCC(C)CNc1cnccc1-2. The van der Waals surface area contributed by atoms with Crippen molar-refractivity contribution in [3.05, 3.63) is 53.7 Å². The average Bonchev–Trinajstić information content (AvgIpc) is 3.16. The molecule has 4 N–H and O–H groups in total. The molecule has 0 saturated heterocycles. The number of amides is 1. The lowest BCUT2D eigenvalue weighted by Gasteiger charge is -2.25. The molecule has 5 rings (SSSR count). The fraction of sp³-hybridized carbons (Fsp3) is 0.333. The van der Waals surface area contributed by atoms with Gasteiger partial charge >= 0.3 is 0 Å². The number of nitrogens with zero attached hydrogens (tertiary/aromatic N) is 1. The van der Waals surface area contributed by atoms with E-state index >= 15 is 0 Å². The molecule has 1 unspecified atom stereocenters. The van der Waals surface area contributed by atoms with Crippen LogP contribution < -0.4 is 20.7 Å². The highest BCUT2D eigenvalue weighted by Crippen LogP contribution is 2.44. The van der Waals surface area contributed by atoms with Crippen LogP contribution in [0.5, 0.6) is 5.75 Å². The number of nitrogens with one attached hydrogen (secondary N) is 4. The second-order valence-electron chi connectivity index (χ2n) is 8.50. The Hall–Kier alpha value is -3.55. The number of para-hydroxylation sites is 1. The van der Waals surface area contributed by atoms with E-state index in [-0.39, 0.29) is 17.6 Å². The first kappa shape index (κ1) is 20.4. The zero-order valence-electron chi connectivity index (χ0n) is 18.1. The van der Waals surface area contributed by atoms with Gasteiger partial charge in [-0.15, -0.1) is 0 Å². The van der Waals surface area contributed by atoms with E-state index in [0.29, 0.717) is 29.4 Å². The maximum absolute atomic E-state index is 14.4. The van der Waals surface area contributed by atoms with Gasteiger partial charge in [-0.25, -0.2) is 4.39 Å². The highest BCUT2D eigenvalue weighted by Gasteiger charge is 2.34. The first-order chi connectivity index (χ1) is 15.6. The van der Waals surface area contributed by atoms with Gasteiger partial charge in [-0.05, 0) is 37.0 Å². The molecule has 2 bridgehead atoms. The minimum absolute atomic E-state index is 0.101. The highest BCUT2D eigenvalue weighted by molar-refractivity contribution is 6.07. The zero-order valence-corrected chi connectivity index (χ0v) is 18.1. The van der Waals surface area contributed by atoms with E-state index in [0.717, 1.165) is 42.0 Å². The zero-order chi connectivity index (χ0) is 22.2. The quantitative estimate of drug-likeness (QED) is 0.481. The number of carbonyl (C=O) groups is 1. The van der Waals surface area contributed by atoms with Crippen LogP contribution in [-0.4, -0.2) is 36.1 Å². The summed E-state index contributed by atoms with van der Waals surface area (Å²) in [6, 6.07) is 6.61. The maximum atomic E-state index is 14.4. The van der Waals surface area contributed by atoms with Crippen molar-refractivity contribution in [3.63, 3.8) is 0 Å². The number of aromatic nitrogens is 2. The van der Waals surface area contributed by atoms with Gasteiger partial charge in [0.25, 0.3) is 5.91 Å². The summed E-state index contributed by atoms with van der Waals surface area (Å²) in [5.41, 5.74) is 5.09. The van der Waals surface area contributed by atoms with E-state index < -0.39 is 5.82 Å². The molecular weight excluding hydrogens is 409 g/mol. The van der Waals surface area contributed by atoms with E-state index in [9.17, 15) is 9.18 Å². The molecule has 166 valence electrons. The van der Waals surface area contributed by atoms with Crippen LogP contribution in [0.3, 0.4) is 0 Å². The van der Waals surface area contributed by atoms with Crippen molar-refractivity contribution in [1.82, 2.24) is 15.3 Å². The van der Waals surface area contributed by atoms with Crippen LogP contribution in [0.2, 0.25) is 0 Å². The molecule has 2 aromatic heterocycles. The summed E-state index contributed by atoms with van der Waals surface area (Å²) < 4.78 is 19.7. The third kappa shape index (κ3) is 3.45. The van der Waals surface area contributed by atoms with E-state index in [2.05, 4.69) is 32.8 Å². The minimum Gasteiger partial charge on any atom is -0.492 e. The summed E-state index contributed by atoms with van der Waals surface area (Å²) in [6.45, 7) is 3.65. The van der Waals surface area contributed by atoms with Crippen molar-refractivity contribution in [2.24, 2.45) is 5.92 Å². The average molecular weight is 436 g/mol. The molecule has 0 aliphatic carbocycles. The number of fused-ring (bicyclic) bond motifs is 3. The molecule has 3 aromatic rings. The summed E-state index contributed by atoms with van der Waals surface area (Å²) in [4.78, 5) is 20.9. The number of hydrogen-bond donors (Lipinski definition) is 4. The number of carbonyl (C=O) groups excluding carboxylic acids is 1. The molecule has 0 radical (unpaired) electrons. The number of hydrogen-bond acceptors (Lipinski definition) is 5. The lowest BCUT2D eigenvalue weighted by molar-refractivity contribution is 0.0939. The van der Waals surface area contributed by atoms with Crippen LogP contribution in [-0.2, 0) is 0 Å². The van der Waals surface area contributed by atoms with E-state index in [1.165, 1.54) is 13.2 Å². The Labute approximate surface area is 185 Å². The van der Waals surface area contributed by atoms with Gasteiger partial charge in [0, 0.05) is 36.5 Å². The summed E-state index contributed by atoms with van der Waals surface area (Å²) in [5, 5.41) is 9.87. The Morgan fingerprint density at radius 2 is 2.06 bits per heavy atom. The Kier molecular flexibility index (Phi) is 5.20. The molecule has 1 aromatic carbocycles. The van der Waals surface area contributed by atoms with E-state index in [1.54, 1.807) is 24.5 Å². The molecule has 2 aliphatic heterocycles. The predicted molar refractivity (Wildman–Crippen MR) is 122 cm³/mol. The normalized spacial score (nSPS) is 19.8. The number of aromatic amines is 1. The van der Waals surface area contributed by atoms with Gasteiger partial charge in [-0.2, -0.15) is 0 Å². The second kappa shape index (κ2) is 8.18. The summed E-state index contributed by atoms with van der Waals surface area (Å²) in [5.74, 6) is 0.136. The Morgan fingerprint density at radius 3 is 2.91 bits per heavy atom. The largest absolute Gasteiger partial charge is 0.492 e. The van der Waals surface area contributed by atoms with Gasteiger partial charge in [0.05, 0.1) is 41.6 Å². The number of benzene rings is 1. The van der Waals surface area contributed by atoms with Gasteiger partial charge in [0.2, 0.25) is 0 Å². The molecule has 2 atom stereocenters. The number of ether oxygens (including phenoxy) is 1. The monoisotopic (exact) mass is 435 g/mol. The Balaban J connectivity index is 1.73. The smallest absolute Gasteiger partial charge is 0.255 e. The molecule has 32 heavy (non-hydrogen) atoms. The number of H-pyrrole nitrogens is 1. The van der Waals surface area contributed by atoms with Crippen molar-refractivity contribution in [1.29, 1.82) is 0 Å². The minimum atomic E-state index is -0.472. The van der Waals surface area contributed by atoms with Crippen LogP contribution in [0.15, 0.2) is 36.7 Å². The molecule has 1 amide bonds. The van der Waals surface area contributed by atoms with Gasteiger partial charge in [0.15, 0.2) is 11.6 Å². The summed E-state index contributed by atoms with van der Waals surface area (Å²) in [7, 11) is 1.43. The van der Waals surface area contributed by atoms with Gasteiger partial charge in [-0.1, -0.05) is 13.0 Å². The molecule has 0 saturated carbocycles. The molecular formula is C24H26FN5O2. The lowest BCUT2D eigenvalue weighted by atomic mass is 9.89. The molecule has 2 aliphatic rings. The molecule has 0 spiro atoms. The first-order valence-electron chi connectivity index (χ1n) is 10.9.